The van der Waals surface area contributed by atoms with E-state index in [4.69, 9.17) is 0 Å². The number of rotatable bonds is 6. The zero-order valence-corrected chi connectivity index (χ0v) is 17.0. The second-order valence-corrected chi connectivity index (χ2v) is 8.13. The van der Waals surface area contributed by atoms with Crippen LogP contribution in [0.25, 0.3) is 0 Å². The lowest BCUT2D eigenvalue weighted by molar-refractivity contribution is -0.135. The second kappa shape index (κ2) is 8.68. The number of carbonyl (C=O) groups is 2. The van der Waals surface area contributed by atoms with Crippen molar-refractivity contribution in [3.8, 4) is 0 Å². The predicted octanol–water partition coefficient (Wildman–Crippen LogP) is 2.64. The molecule has 2 aromatic rings. The fourth-order valence-electron chi connectivity index (χ4n) is 4.11. The molecule has 2 fully saturated rings. The maximum Gasteiger partial charge on any atom is 0.226 e. The Balaban J connectivity index is 1.20. The number of benzene rings is 2. The number of hydrogen-bond donors (Lipinski definition) is 1. The van der Waals surface area contributed by atoms with Gasteiger partial charge in [0.2, 0.25) is 11.8 Å². The molecule has 152 valence electrons. The van der Waals surface area contributed by atoms with Crippen LogP contribution in [0.4, 0.5) is 5.69 Å². The molecular formula is C24H29N3O2. The number of nitrogens with one attached hydrogen (secondary N) is 1. The Hall–Kier alpha value is -2.82. The molecule has 0 bridgehead atoms. The van der Waals surface area contributed by atoms with E-state index in [1.807, 2.05) is 23.1 Å². The molecule has 29 heavy (non-hydrogen) atoms. The smallest absolute Gasteiger partial charge is 0.226 e. The van der Waals surface area contributed by atoms with Gasteiger partial charge in [-0.3, -0.25) is 9.59 Å². The summed E-state index contributed by atoms with van der Waals surface area (Å²) in [6.07, 6.45) is 1.51. The van der Waals surface area contributed by atoms with Gasteiger partial charge >= 0.3 is 0 Å². The molecule has 1 heterocycles. The van der Waals surface area contributed by atoms with Crippen LogP contribution in [0.1, 0.15) is 17.5 Å². The maximum atomic E-state index is 12.8. The first kappa shape index (κ1) is 19.5. The SMILES string of the molecule is Cc1cccc(N2CCN(C(=O)C3CC3C(=O)NCCc3ccccc3)CC2)c1. The third kappa shape index (κ3) is 4.78. The highest BCUT2D eigenvalue weighted by Gasteiger charge is 2.49. The fraction of sp³-hybridized carbons (Fsp3) is 0.417. The van der Waals surface area contributed by atoms with Gasteiger partial charge < -0.3 is 15.1 Å². The summed E-state index contributed by atoms with van der Waals surface area (Å²) in [5.41, 5.74) is 3.68. The topological polar surface area (TPSA) is 52.7 Å². The van der Waals surface area contributed by atoms with Crippen molar-refractivity contribution in [3.63, 3.8) is 0 Å². The van der Waals surface area contributed by atoms with E-state index < -0.39 is 0 Å². The van der Waals surface area contributed by atoms with Crippen LogP contribution in [0.5, 0.6) is 0 Å². The van der Waals surface area contributed by atoms with Gasteiger partial charge in [0.25, 0.3) is 0 Å². The standard InChI is InChI=1S/C24H29N3O2/c1-18-6-5-9-20(16-18)26-12-14-27(15-13-26)24(29)22-17-21(22)23(28)25-11-10-19-7-3-2-4-8-19/h2-9,16,21-22H,10-15,17H2,1H3,(H,25,28). The van der Waals surface area contributed by atoms with Gasteiger partial charge in [0.05, 0.1) is 11.8 Å². The van der Waals surface area contributed by atoms with Crippen molar-refractivity contribution in [2.45, 2.75) is 19.8 Å². The third-order valence-electron chi connectivity index (χ3n) is 5.96. The van der Waals surface area contributed by atoms with Gasteiger partial charge in [0.1, 0.15) is 0 Å². The summed E-state index contributed by atoms with van der Waals surface area (Å²) in [5, 5.41) is 3.00. The molecule has 4 rings (SSSR count). The summed E-state index contributed by atoms with van der Waals surface area (Å²) in [6.45, 7) is 5.86. The van der Waals surface area contributed by atoms with E-state index in [9.17, 15) is 9.59 Å². The Morgan fingerprint density at radius 2 is 1.72 bits per heavy atom. The van der Waals surface area contributed by atoms with E-state index in [2.05, 4.69) is 53.5 Å². The van der Waals surface area contributed by atoms with Crippen molar-refractivity contribution in [2.24, 2.45) is 11.8 Å². The first-order valence-electron chi connectivity index (χ1n) is 10.5. The first-order chi connectivity index (χ1) is 14.1. The molecule has 2 unspecified atom stereocenters. The quantitative estimate of drug-likeness (QED) is 0.824. The van der Waals surface area contributed by atoms with Crippen molar-refractivity contribution >= 4 is 17.5 Å². The number of anilines is 1. The molecule has 0 spiro atoms. The molecule has 2 atom stereocenters. The van der Waals surface area contributed by atoms with Crippen LogP contribution < -0.4 is 10.2 Å². The molecule has 1 saturated carbocycles. The predicted molar refractivity (Wildman–Crippen MR) is 115 cm³/mol. The summed E-state index contributed by atoms with van der Waals surface area (Å²) < 4.78 is 0. The number of amides is 2. The van der Waals surface area contributed by atoms with Gasteiger partial charge in [-0.15, -0.1) is 0 Å². The largest absolute Gasteiger partial charge is 0.368 e. The van der Waals surface area contributed by atoms with Crippen LogP contribution >= 0.6 is 0 Å². The minimum atomic E-state index is -0.145. The molecule has 1 saturated heterocycles. The molecule has 2 aromatic carbocycles. The van der Waals surface area contributed by atoms with Crippen LogP contribution in [0.3, 0.4) is 0 Å². The van der Waals surface area contributed by atoms with Gasteiger partial charge in [-0.1, -0.05) is 42.5 Å². The fourth-order valence-corrected chi connectivity index (χ4v) is 4.11. The average Bonchev–Trinajstić information content (AvgIpc) is 3.55. The average molecular weight is 392 g/mol. The van der Waals surface area contributed by atoms with Crippen molar-refractivity contribution in [2.75, 3.05) is 37.6 Å². The van der Waals surface area contributed by atoms with Crippen LogP contribution in [-0.2, 0) is 16.0 Å². The zero-order valence-electron chi connectivity index (χ0n) is 17.0. The number of aryl methyl sites for hydroxylation is 1. The lowest BCUT2D eigenvalue weighted by atomic mass is 10.1. The van der Waals surface area contributed by atoms with E-state index in [0.29, 0.717) is 13.0 Å². The second-order valence-electron chi connectivity index (χ2n) is 8.13. The summed E-state index contributed by atoms with van der Waals surface area (Å²) >= 11 is 0. The lowest BCUT2D eigenvalue weighted by Crippen LogP contribution is -2.49. The maximum absolute atomic E-state index is 12.8. The highest BCUT2D eigenvalue weighted by atomic mass is 16.2. The van der Waals surface area contributed by atoms with E-state index in [-0.39, 0.29) is 23.7 Å². The minimum Gasteiger partial charge on any atom is -0.368 e. The van der Waals surface area contributed by atoms with Gasteiger partial charge in [-0.25, -0.2) is 0 Å². The van der Waals surface area contributed by atoms with E-state index >= 15 is 0 Å². The molecular weight excluding hydrogens is 362 g/mol. The van der Waals surface area contributed by atoms with Crippen molar-refractivity contribution < 1.29 is 9.59 Å². The summed E-state index contributed by atoms with van der Waals surface area (Å²) in [5.74, 6) is -0.0971. The number of hydrogen-bond acceptors (Lipinski definition) is 3. The Morgan fingerprint density at radius 1 is 0.966 bits per heavy atom. The molecule has 5 heteroatoms. The van der Waals surface area contributed by atoms with Crippen LogP contribution in [0.15, 0.2) is 54.6 Å². The van der Waals surface area contributed by atoms with Gasteiger partial charge in [-0.2, -0.15) is 0 Å². The monoisotopic (exact) mass is 391 g/mol. The first-order valence-corrected chi connectivity index (χ1v) is 10.5. The zero-order chi connectivity index (χ0) is 20.2. The molecule has 1 N–H and O–H groups in total. The van der Waals surface area contributed by atoms with Crippen LogP contribution in [0.2, 0.25) is 0 Å². The van der Waals surface area contributed by atoms with Crippen molar-refractivity contribution in [3.05, 3.63) is 65.7 Å². The van der Waals surface area contributed by atoms with Crippen LogP contribution in [0, 0.1) is 18.8 Å². The third-order valence-corrected chi connectivity index (χ3v) is 5.96. The number of nitrogens with zero attached hydrogens (tertiary/aromatic N) is 2. The molecule has 2 amide bonds. The Morgan fingerprint density at radius 3 is 2.45 bits per heavy atom. The summed E-state index contributed by atoms with van der Waals surface area (Å²) in [7, 11) is 0. The van der Waals surface area contributed by atoms with Crippen LogP contribution in [-0.4, -0.2) is 49.4 Å². The van der Waals surface area contributed by atoms with Crippen molar-refractivity contribution in [1.29, 1.82) is 0 Å². The highest BCUT2D eigenvalue weighted by molar-refractivity contribution is 5.92. The minimum absolute atomic E-state index is 0.0256. The normalized spacial score (nSPS) is 21.0. The summed E-state index contributed by atoms with van der Waals surface area (Å²) in [6, 6.07) is 18.6. The summed E-state index contributed by atoms with van der Waals surface area (Å²) in [4.78, 5) is 29.4. The van der Waals surface area contributed by atoms with Gasteiger partial charge in [0.15, 0.2) is 0 Å². The highest BCUT2D eigenvalue weighted by Crippen LogP contribution is 2.40. The van der Waals surface area contributed by atoms with E-state index in [0.717, 1.165) is 32.6 Å². The molecule has 2 aliphatic rings. The Kier molecular flexibility index (Phi) is 5.84. The molecule has 0 aromatic heterocycles. The number of piperazine rings is 1. The molecule has 1 aliphatic heterocycles. The van der Waals surface area contributed by atoms with Gasteiger partial charge in [0, 0.05) is 38.4 Å². The molecule has 0 radical (unpaired) electrons. The lowest BCUT2D eigenvalue weighted by Gasteiger charge is -2.36. The Labute approximate surface area is 172 Å². The molecule has 1 aliphatic carbocycles. The van der Waals surface area contributed by atoms with Gasteiger partial charge in [-0.05, 0) is 43.0 Å². The van der Waals surface area contributed by atoms with E-state index in [1.54, 1.807) is 0 Å². The van der Waals surface area contributed by atoms with E-state index in [1.165, 1.54) is 16.8 Å². The van der Waals surface area contributed by atoms with Crippen molar-refractivity contribution in [1.82, 2.24) is 10.2 Å². The molecule has 5 nitrogen and oxygen atoms in total. The number of carbonyl (C=O) groups excluding carboxylic acids is 2. The Bertz CT molecular complexity index is 859.